The van der Waals surface area contributed by atoms with E-state index in [0.717, 1.165) is 5.03 Å². The number of pyridine rings is 1. The monoisotopic (exact) mass is 223 g/mol. The highest BCUT2D eigenvalue weighted by Crippen LogP contribution is 2.22. The minimum absolute atomic E-state index is 0.478. The van der Waals surface area contributed by atoms with Gasteiger partial charge in [0, 0.05) is 12.4 Å². The van der Waals surface area contributed by atoms with Crippen LogP contribution in [0.1, 0.15) is 0 Å². The quantitative estimate of drug-likeness (QED) is 0.580. The molecule has 5 heteroatoms. The SMILES string of the molecule is Clc1cccc(Sc2ncccn2)n1. The fourth-order valence-corrected chi connectivity index (χ4v) is 1.80. The second-order valence-corrected chi connectivity index (χ2v) is 3.81. The van der Waals surface area contributed by atoms with Gasteiger partial charge in [-0.15, -0.1) is 0 Å². The van der Waals surface area contributed by atoms with Crippen LogP contribution in [-0.2, 0) is 0 Å². The Morgan fingerprint density at radius 1 is 1.07 bits per heavy atom. The van der Waals surface area contributed by atoms with Crippen LogP contribution in [0.15, 0.2) is 46.8 Å². The molecule has 0 fully saturated rings. The molecule has 2 rings (SSSR count). The van der Waals surface area contributed by atoms with Gasteiger partial charge in [-0.25, -0.2) is 15.0 Å². The number of rotatable bonds is 2. The van der Waals surface area contributed by atoms with E-state index >= 15 is 0 Å². The highest BCUT2D eigenvalue weighted by Gasteiger charge is 2.00. The Labute approximate surface area is 90.6 Å². The van der Waals surface area contributed by atoms with E-state index in [1.807, 2.05) is 12.1 Å². The van der Waals surface area contributed by atoms with Gasteiger partial charge in [-0.05, 0) is 30.0 Å². The van der Waals surface area contributed by atoms with E-state index in [4.69, 9.17) is 11.6 Å². The summed E-state index contributed by atoms with van der Waals surface area (Å²) < 4.78 is 0. The summed E-state index contributed by atoms with van der Waals surface area (Å²) in [6.07, 6.45) is 3.39. The third-order valence-corrected chi connectivity index (χ3v) is 2.47. The van der Waals surface area contributed by atoms with E-state index in [-0.39, 0.29) is 0 Å². The Morgan fingerprint density at radius 3 is 2.57 bits per heavy atom. The van der Waals surface area contributed by atoms with Crippen molar-refractivity contribution < 1.29 is 0 Å². The molecule has 0 atom stereocenters. The number of hydrogen-bond donors (Lipinski definition) is 0. The molecule has 0 saturated heterocycles. The zero-order valence-corrected chi connectivity index (χ0v) is 8.66. The summed E-state index contributed by atoms with van der Waals surface area (Å²) >= 11 is 7.13. The summed E-state index contributed by atoms with van der Waals surface area (Å²) in [7, 11) is 0. The second-order valence-electron chi connectivity index (χ2n) is 2.43. The van der Waals surface area contributed by atoms with Gasteiger partial charge >= 0.3 is 0 Å². The lowest BCUT2D eigenvalue weighted by molar-refractivity contribution is 0.960. The first kappa shape index (κ1) is 9.43. The average Bonchev–Trinajstić information content (AvgIpc) is 2.19. The third kappa shape index (κ3) is 2.43. The first-order valence-corrected chi connectivity index (χ1v) is 5.11. The van der Waals surface area contributed by atoms with Gasteiger partial charge in [-0.2, -0.15) is 0 Å². The van der Waals surface area contributed by atoms with E-state index in [1.54, 1.807) is 24.5 Å². The molecule has 3 nitrogen and oxygen atoms in total. The molecule has 0 amide bonds. The first-order valence-electron chi connectivity index (χ1n) is 3.92. The molecule has 0 N–H and O–H groups in total. The molecule has 2 aromatic rings. The molecule has 0 radical (unpaired) electrons. The molecule has 0 aliphatic rings. The van der Waals surface area contributed by atoms with Crippen LogP contribution >= 0.6 is 23.4 Å². The van der Waals surface area contributed by atoms with Gasteiger partial charge in [0.05, 0.1) is 0 Å². The minimum atomic E-state index is 0.478. The standard InChI is InChI=1S/C9H6ClN3S/c10-7-3-1-4-8(13-7)14-9-11-5-2-6-12-9/h1-6H. The smallest absolute Gasteiger partial charge is 0.193 e. The average molecular weight is 224 g/mol. The summed E-state index contributed by atoms with van der Waals surface area (Å²) in [6.45, 7) is 0. The fourth-order valence-electron chi connectivity index (χ4n) is 0.878. The lowest BCUT2D eigenvalue weighted by Crippen LogP contribution is -1.85. The molecular formula is C9H6ClN3S. The third-order valence-electron chi connectivity index (χ3n) is 1.43. The van der Waals surface area contributed by atoms with E-state index in [1.165, 1.54) is 11.8 Å². The topological polar surface area (TPSA) is 38.7 Å². The van der Waals surface area contributed by atoms with Crippen molar-refractivity contribution in [3.63, 3.8) is 0 Å². The maximum atomic E-state index is 5.75. The van der Waals surface area contributed by atoms with Gasteiger partial charge in [-0.3, -0.25) is 0 Å². The molecule has 70 valence electrons. The van der Waals surface area contributed by atoms with Crippen LogP contribution in [0, 0.1) is 0 Å². The van der Waals surface area contributed by atoms with Crippen LogP contribution in [0.5, 0.6) is 0 Å². The summed E-state index contributed by atoms with van der Waals surface area (Å²) in [5.74, 6) is 0. The summed E-state index contributed by atoms with van der Waals surface area (Å²) in [4.78, 5) is 12.3. The molecule has 2 heterocycles. The van der Waals surface area contributed by atoms with Crippen LogP contribution in [0.4, 0.5) is 0 Å². The van der Waals surface area contributed by atoms with Gasteiger partial charge in [0.25, 0.3) is 0 Å². The molecule has 0 aliphatic heterocycles. The zero-order valence-electron chi connectivity index (χ0n) is 7.09. The van der Waals surface area contributed by atoms with Crippen molar-refractivity contribution in [2.75, 3.05) is 0 Å². The lowest BCUT2D eigenvalue weighted by atomic mass is 10.5. The van der Waals surface area contributed by atoms with E-state index in [2.05, 4.69) is 15.0 Å². The van der Waals surface area contributed by atoms with E-state index in [9.17, 15) is 0 Å². The molecular weight excluding hydrogens is 218 g/mol. The van der Waals surface area contributed by atoms with Gasteiger partial charge in [0.2, 0.25) is 0 Å². The number of nitrogens with zero attached hydrogens (tertiary/aromatic N) is 3. The van der Waals surface area contributed by atoms with Gasteiger partial charge in [0.15, 0.2) is 5.16 Å². The molecule has 0 bridgehead atoms. The van der Waals surface area contributed by atoms with Crippen molar-refractivity contribution in [3.05, 3.63) is 41.8 Å². The molecule has 2 aromatic heterocycles. The van der Waals surface area contributed by atoms with Crippen molar-refractivity contribution in [2.45, 2.75) is 10.2 Å². The number of aromatic nitrogens is 3. The first-order chi connectivity index (χ1) is 6.84. The minimum Gasteiger partial charge on any atom is -0.231 e. The summed E-state index contributed by atoms with van der Waals surface area (Å²) in [6, 6.07) is 7.22. The van der Waals surface area contributed by atoms with E-state index < -0.39 is 0 Å². The Bertz CT molecular complexity index is 421. The van der Waals surface area contributed by atoms with Crippen LogP contribution < -0.4 is 0 Å². The number of hydrogen-bond acceptors (Lipinski definition) is 4. The summed E-state index contributed by atoms with van der Waals surface area (Å²) in [5.41, 5.74) is 0. The fraction of sp³-hybridized carbons (Fsp3) is 0. The Hall–Kier alpha value is -1.13. The number of halogens is 1. The lowest BCUT2D eigenvalue weighted by Gasteiger charge is -1.97. The molecule has 0 spiro atoms. The largest absolute Gasteiger partial charge is 0.231 e. The van der Waals surface area contributed by atoms with E-state index in [0.29, 0.717) is 10.3 Å². The molecule has 0 aromatic carbocycles. The highest BCUT2D eigenvalue weighted by atomic mass is 35.5. The zero-order chi connectivity index (χ0) is 9.80. The Kier molecular flexibility index (Phi) is 2.96. The van der Waals surface area contributed by atoms with Crippen molar-refractivity contribution in [3.8, 4) is 0 Å². The maximum absolute atomic E-state index is 5.75. The van der Waals surface area contributed by atoms with Crippen molar-refractivity contribution in [2.24, 2.45) is 0 Å². The molecule has 0 saturated carbocycles. The van der Waals surface area contributed by atoms with Crippen molar-refractivity contribution >= 4 is 23.4 Å². The Morgan fingerprint density at radius 2 is 1.86 bits per heavy atom. The molecule has 0 unspecified atom stereocenters. The van der Waals surface area contributed by atoms with Crippen molar-refractivity contribution in [1.29, 1.82) is 0 Å². The highest BCUT2D eigenvalue weighted by molar-refractivity contribution is 7.99. The molecule has 0 aliphatic carbocycles. The van der Waals surface area contributed by atoms with Crippen LogP contribution in [-0.4, -0.2) is 15.0 Å². The summed E-state index contributed by atoms with van der Waals surface area (Å²) in [5, 5.41) is 1.94. The van der Waals surface area contributed by atoms with Crippen LogP contribution in [0.25, 0.3) is 0 Å². The normalized spacial score (nSPS) is 10.1. The predicted octanol–water partition coefficient (Wildman–Crippen LogP) is 2.68. The van der Waals surface area contributed by atoms with Gasteiger partial charge in [0.1, 0.15) is 10.2 Å². The molecule has 14 heavy (non-hydrogen) atoms. The van der Waals surface area contributed by atoms with Gasteiger partial charge < -0.3 is 0 Å². The van der Waals surface area contributed by atoms with Crippen LogP contribution in [0.2, 0.25) is 5.15 Å². The van der Waals surface area contributed by atoms with Crippen molar-refractivity contribution in [1.82, 2.24) is 15.0 Å². The second kappa shape index (κ2) is 4.39. The van der Waals surface area contributed by atoms with Gasteiger partial charge in [-0.1, -0.05) is 17.7 Å². The van der Waals surface area contributed by atoms with Crippen LogP contribution in [0.3, 0.4) is 0 Å². The Balaban J connectivity index is 2.19. The maximum Gasteiger partial charge on any atom is 0.193 e. The predicted molar refractivity (Wildman–Crippen MR) is 55.4 cm³/mol.